The molecule has 1 aromatic carbocycles. The number of rotatable bonds is 4. The zero-order valence-corrected chi connectivity index (χ0v) is 13.8. The second kappa shape index (κ2) is 6.46. The van der Waals surface area contributed by atoms with Crippen molar-refractivity contribution >= 4 is 21.6 Å². The van der Waals surface area contributed by atoms with E-state index in [4.69, 9.17) is 0 Å². The molecular formula is C16H24BrN3. The molecule has 0 amide bonds. The lowest BCUT2D eigenvalue weighted by Gasteiger charge is -2.26. The van der Waals surface area contributed by atoms with Crippen LogP contribution in [0.15, 0.2) is 22.7 Å². The molecule has 0 saturated carbocycles. The number of hydrogen-bond acceptors (Lipinski definition) is 3. The van der Waals surface area contributed by atoms with E-state index >= 15 is 0 Å². The fourth-order valence-corrected chi connectivity index (χ4v) is 3.97. The Morgan fingerprint density at radius 2 is 2.05 bits per heavy atom. The van der Waals surface area contributed by atoms with Gasteiger partial charge in [-0.2, -0.15) is 0 Å². The molecule has 0 radical (unpaired) electrons. The third-order valence-corrected chi connectivity index (χ3v) is 5.06. The van der Waals surface area contributed by atoms with Crippen LogP contribution in [0.25, 0.3) is 0 Å². The average Bonchev–Trinajstić information content (AvgIpc) is 3.10. The van der Waals surface area contributed by atoms with Gasteiger partial charge in [0.15, 0.2) is 0 Å². The van der Waals surface area contributed by atoms with Crippen LogP contribution in [-0.4, -0.2) is 44.2 Å². The molecule has 2 aliphatic rings. The maximum Gasteiger partial charge on any atom is 0.0413 e. The van der Waals surface area contributed by atoms with Crippen LogP contribution in [0.1, 0.15) is 24.8 Å². The number of hydrogen-bond donors (Lipinski definition) is 1. The van der Waals surface area contributed by atoms with E-state index in [2.05, 4.69) is 49.2 Å². The quantitative estimate of drug-likeness (QED) is 0.911. The van der Waals surface area contributed by atoms with E-state index in [-0.39, 0.29) is 0 Å². The highest BCUT2D eigenvalue weighted by Crippen LogP contribution is 2.29. The summed E-state index contributed by atoms with van der Waals surface area (Å²) < 4.78 is 1.17. The average molecular weight is 338 g/mol. The molecule has 110 valence electrons. The zero-order valence-electron chi connectivity index (χ0n) is 12.2. The van der Waals surface area contributed by atoms with Gasteiger partial charge in [-0.3, -0.25) is 4.90 Å². The summed E-state index contributed by atoms with van der Waals surface area (Å²) in [5.41, 5.74) is 2.80. The lowest BCUT2D eigenvalue weighted by molar-refractivity contribution is 0.260. The molecule has 1 atom stereocenters. The van der Waals surface area contributed by atoms with Crippen molar-refractivity contribution in [2.75, 3.05) is 38.1 Å². The molecule has 0 aliphatic carbocycles. The predicted molar refractivity (Wildman–Crippen MR) is 88.3 cm³/mol. The lowest BCUT2D eigenvalue weighted by Crippen LogP contribution is -2.35. The molecule has 3 nitrogen and oxygen atoms in total. The number of anilines is 1. The van der Waals surface area contributed by atoms with Crippen molar-refractivity contribution in [3.05, 3.63) is 28.2 Å². The molecule has 2 saturated heterocycles. The SMILES string of the molecule is CNCc1cc(Br)ccc1N1CCC(N2CCCC2)C1. The second-order valence-electron chi connectivity index (χ2n) is 5.93. The van der Waals surface area contributed by atoms with E-state index in [9.17, 15) is 0 Å². The van der Waals surface area contributed by atoms with Gasteiger partial charge in [-0.15, -0.1) is 0 Å². The van der Waals surface area contributed by atoms with Crippen LogP contribution in [0.5, 0.6) is 0 Å². The number of nitrogens with one attached hydrogen (secondary N) is 1. The summed E-state index contributed by atoms with van der Waals surface area (Å²) in [6.45, 7) is 5.93. The lowest BCUT2D eigenvalue weighted by atomic mass is 10.1. The van der Waals surface area contributed by atoms with Gasteiger partial charge in [0.25, 0.3) is 0 Å². The van der Waals surface area contributed by atoms with E-state index in [0.717, 1.165) is 12.6 Å². The van der Waals surface area contributed by atoms with Gasteiger partial charge in [0.05, 0.1) is 0 Å². The summed E-state index contributed by atoms with van der Waals surface area (Å²) in [7, 11) is 2.02. The first-order chi connectivity index (χ1) is 9.78. The van der Waals surface area contributed by atoms with Gasteiger partial charge in [0.1, 0.15) is 0 Å². The molecule has 20 heavy (non-hydrogen) atoms. The maximum absolute atomic E-state index is 3.59. The van der Waals surface area contributed by atoms with E-state index in [1.165, 1.54) is 61.2 Å². The van der Waals surface area contributed by atoms with Crippen LogP contribution in [-0.2, 0) is 6.54 Å². The molecule has 2 fully saturated rings. The Hall–Kier alpha value is -0.580. The fraction of sp³-hybridized carbons (Fsp3) is 0.625. The summed E-state index contributed by atoms with van der Waals surface area (Å²) in [4.78, 5) is 5.26. The van der Waals surface area contributed by atoms with Crippen molar-refractivity contribution in [3.63, 3.8) is 0 Å². The Labute approximate surface area is 130 Å². The third kappa shape index (κ3) is 3.02. The normalized spacial score (nSPS) is 23.7. The van der Waals surface area contributed by atoms with Gasteiger partial charge in [-0.05, 0) is 63.2 Å². The Kier molecular flexibility index (Phi) is 4.64. The molecule has 1 aromatic rings. The summed E-state index contributed by atoms with van der Waals surface area (Å²) in [6, 6.07) is 7.44. The van der Waals surface area contributed by atoms with E-state index in [1.54, 1.807) is 0 Å². The predicted octanol–water partition coefficient (Wildman–Crippen LogP) is 2.84. The molecule has 0 bridgehead atoms. The highest BCUT2D eigenvalue weighted by Gasteiger charge is 2.30. The minimum atomic E-state index is 0.767. The molecule has 1 unspecified atom stereocenters. The molecule has 0 aromatic heterocycles. The molecule has 3 rings (SSSR count). The van der Waals surface area contributed by atoms with E-state index in [0.29, 0.717) is 0 Å². The summed E-state index contributed by atoms with van der Waals surface area (Å²) in [5.74, 6) is 0. The van der Waals surface area contributed by atoms with Gasteiger partial charge >= 0.3 is 0 Å². The van der Waals surface area contributed by atoms with Crippen molar-refractivity contribution < 1.29 is 0 Å². The first-order valence-corrected chi connectivity index (χ1v) is 8.49. The fourth-order valence-electron chi connectivity index (χ4n) is 3.56. The minimum Gasteiger partial charge on any atom is -0.370 e. The Morgan fingerprint density at radius 3 is 2.80 bits per heavy atom. The molecule has 2 aliphatic heterocycles. The number of halogens is 1. The zero-order chi connectivity index (χ0) is 13.9. The third-order valence-electron chi connectivity index (χ3n) is 4.57. The summed E-state index contributed by atoms with van der Waals surface area (Å²) in [6.07, 6.45) is 4.09. The first kappa shape index (κ1) is 14.4. The van der Waals surface area contributed by atoms with E-state index < -0.39 is 0 Å². The monoisotopic (exact) mass is 337 g/mol. The molecule has 4 heteroatoms. The van der Waals surface area contributed by atoms with Gasteiger partial charge in [0.2, 0.25) is 0 Å². The second-order valence-corrected chi connectivity index (χ2v) is 6.85. The largest absolute Gasteiger partial charge is 0.370 e. The number of likely N-dealkylation sites (tertiary alicyclic amines) is 1. The highest BCUT2D eigenvalue weighted by atomic mass is 79.9. The number of nitrogens with zero attached hydrogens (tertiary/aromatic N) is 2. The first-order valence-electron chi connectivity index (χ1n) is 7.70. The van der Waals surface area contributed by atoms with Crippen molar-refractivity contribution in [1.82, 2.24) is 10.2 Å². The topological polar surface area (TPSA) is 18.5 Å². The van der Waals surface area contributed by atoms with E-state index in [1.807, 2.05) is 7.05 Å². The molecular weight excluding hydrogens is 314 g/mol. The standard InChI is InChI=1S/C16H24BrN3/c1-18-11-13-10-14(17)4-5-16(13)20-9-6-15(12-20)19-7-2-3-8-19/h4-5,10,15,18H,2-3,6-9,11-12H2,1H3. The van der Waals surface area contributed by atoms with Crippen LogP contribution in [0, 0.1) is 0 Å². The molecule has 2 heterocycles. The Morgan fingerprint density at radius 1 is 1.25 bits per heavy atom. The van der Waals surface area contributed by atoms with Crippen molar-refractivity contribution in [2.45, 2.75) is 31.8 Å². The summed E-state index contributed by atoms with van der Waals surface area (Å²) >= 11 is 3.59. The molecule has 1 N–H and O–H groups in total. The van der Waals surface area contributed by atoms with Crippen molar-refractivity contribution in [1.29, 1.82) is 0 Å². The molecule has 0 spiro atoms. The Bertz CT molecular complexity index is 457. The highest BCUT2D eigenvalue weighted by molar-refractivity contribution is 9.10. The Balaban J connectivity index is 1.73. The van der Waals surface area contributed by atoms with Gasteiger partial charge < -0.3 is 10.2 Å². The van der Waals surface area contributed by atoms with Gasteiger partial charge in [-0.25, -0.2) is 0 Å². The van der Waals surface area contributed by atoms with Crippen molar-refractivity contribution in [3.8, 4) is 0 Å². The number of benzene rings is 1. The summed E-state index contributed by atoms with van der Waals surface area (Å²) in [5, 5.41) is 3.28. The van der Waals surface area contributed by atoms with Gasteiger partial charge in [0, 0.05) is 35.8 Å². The van der Waals surface area contributed by atoms with Crippen LogP contribution < -0.4 is 10.2 Å². The van der Waals surface area contributed by atoms with Crippen molar-refractivity contribution in [2.24, 2.45) is 0 Å². The van der Waals surface area contributed by atoms with Crippen LogP contribution in [0.3, 0.4) is 0 Å². The van der Waals surface area contributed by atoms with Gasteiger partial charge in [-0.1, -0.05) is 15.9 Å². The maximum atomic E-state index is 3.59. The minimum absolute atomic E-state index is 0.767. The van der Waals surface area contributed by atoms with Crippen LogP contribution in [0.4, 0.5) is 5.69 Å². The smallest absolute Gasteiger partial charge is 0.0413 e. The van der Waals surface area contributed by atoms with Crippen LogP contribution >= 0.6 is 15.9 Å². The van der Waals surface area contributed by atoms with Crippen LogP contribution in [0.2, 0.25) is 0 Å².